The van der Waals surface area contributed by atoms with Crippen molar-refractivity contribution in [1.29, 1.82) is 0 Å². The zero-order chi connectivity index (χ0) is 22.3. The molecule has 7 heteroatoms. The molecule has 0 fully saturated rings. The van der Waals surface area contributed by atoms with E-state index in [0.29, 0.717) is 30.1 Å². The molecule has 0 aliphatic rings. The lowest BCUT2D eigenvalue weighted by atomic mass is 10.1. The quantitative estimate of drug-likeness (QED) is 0.412. The molecule has 32 heavy (non-hydrogen) atoms. The zero-order valence-electron chi connectivity index (χ0n) is 17.6. The van der Waals surface area contributed by atoms with Gasteiger partial charge >= 0.3 is 0 Å². The Hall–Kier alpha value is -4.00. The van der Waals surface area contributed by atoms with Gasteiger partial charge in [-0.2, -0.15) is 5.10 Å². The van der Waals surface area contributed by atoms with Crippen molar-refractivity contribution in [3.63, 3.8) is 0 Å². The maximum absolute atomic E-state index is 13.0. The number of carbonyl (C=O) groups excluding carboxylic acids is 1. The largest absolute Gasteiger partial charge is 0.465 e. The van der Waals surface area contributed by atoms with E-state index in [2.05, 4.69) is 20.8 Å². The summed E-state index contributed by atoms with van der Waals surface area (Å²) in [4.78, 5) is 12.5. The first-order valence-electron chi connectivity index (χ1n) is 10.3. The number of aryl methyl sites for hydroxylation is 3. The summed E-state index contributed by atoms with van der Waals surface area (Å²) in [6, 6.07) is 21.1. The molecule has 1 amide bonds. The zero-order valence-corrected chi connectivity index (χ0v) is 17.6. The molecule has 4 aromatic rings. The van der Waals surface area contributed by atoms with E-state index < -0.39 is 0 Å². The number of aromatic nitrogens is 2. The van der Waals surface area contributed by atoms with E-state index in [4.69, 9.17) is 4.42 Å². The summed E-state index contributed by atoms with van der Waals surface area (Å²) in [6.45, 7) is 2.19. The third-order valence-electron chi connectivity index (χ3n) is 4.92. The normalized spacial score (nSPS) is 10.7. The van der Waals surface area contributed by atoms with Crippen LogP contribution in [0.1, 0.15) is 33.1 Å². The molecule has 162 valence electrons. The Labute approximate surface area is 185 Å². The molecule has 4 rings (SSSR count). The highest BCUT2D eigenvalue weighted by Gasteiger charge is 2.08. The van der Waals surface area contributed by atoms with Crippen LogP contribution >= 0.6 is 0 Å². The van der Waals surface area contributed by atoms with Crippen molar-refractivity contribution < 1.29 is 13.6 Å². The standard InChI is InChI=1S/C25H23FN4O2/c1-17-5-13-23(32-17)16-27-25(31)19-3-2-4-22(15-19)28-24-14-12-21(29-30-24)11-8-18-6-9-20(26)10-7-18/h2-7,9-10,12-15H,8,11,16H2,1H3,(H,27,31)(H,28,30). The molecule has 2 N–H and O–H groups in total. The first-order chi connectivity index (χ1) is 15.5. The van der Waals surface area contributed by atoms with Crippen molar-refractivity contribution in [2.45, 2.75) is 26.3 Å². The Morgan fingerprint density at radius 3 is 2.53 bits per heavy atom. The number of amides is 1. The van der Waals surface area contributed by atoms with Crippen molar-refractivity contribution in [2.24, 2.45) is 0 Å². The molecule has 2 aromatic heterocycles. The van der Waals surface area contributed by atoms with Crippen LogP contribution in [0.4, 0.5) is 15.9 Å². The second-order valence-electron chi connectivity index (χ2n) is 7.44. The molecule has 0 aliphatic heterocycles. The van der Waals surface area contributed by atoms with E-state index in [1.807, 2.05) is 37.3 Å². The lowest BCUT2D eigenvalue weighted by Crippen LogP contribution is -2.22. The number of anilines is 2. The average molecular weight is 430 g/mol. The summed E-state index contributed by atoms with van der Waals surface area (Å²) in [5.41, 5.74) is 3.16. The molecule has 0 radical (unpaired) electrons. The number of hydrogen-bond donors (Lipinski definition) is 2. The molecule has 0 spiro atoms. The Kier molecular flexibility index (Phi) is 6.55. The maximum Gasteiger partial charge on any atom is 0.251 e. The van der Waals surface area contributed by atoms with Gasteiger partial charge in [0.2, 0.25) is 0 Å². The Bertz CT molecular complexity index is 1190. The first-order valence-corrected chi connectivity index (χ1v) is 10.3. The van der Waals surface area contributed by atoms with Crippen LogP contribution in [0.25, 0.3) is 0 Å². The maximum atomic E-state index is 13.0. The molecule has 2 heterocycles. The smallest absolute Gasteiger partial charge is 0.251 e. The van der Waals surface area contributed by atoms with Gasteiger partial charge in [-0.15, -0.1) is 5.10 Å². The molecule has 0 aliphatic carbocycles. The lowest BCUT2D eigenvalue weighted by molar-refractivity contribution is 0.0948. The number of carbonyl (C=O) groups is 1. The van der Waals surface area contributed by atoms with Crippen molar-refractivity contribution in [2.75, 3.05) is 5.32 Å². The predicted octanol–water partition coefficient (Wildman–Crippen LogP) is 4.98. The molecular weight excluding hydrogens is 407 g/mol. The highest BCUT2D eigenvalue weighted by Crippen LogP contribution is 2.17. The Morgan fingerprint density at radius 2 is 1.81 bits per heavy atom. The molecule has 6 nitrogen and oxygen atoms in total. The van der Waals surface area contributed by atoms with Crippen molar-refractivity contribution in [1.82, 2.24) is 15.5 Å². The van der Waals surface area contributed by atoms with Gasteiger partial charge in [-0.3, -0.25) is 4.79 Å². The van der Waals surface area contributed by atoms with Crippen LogP contribution < -0.4 is 10.6 Å². The fraction of sp³-hybridized carbons (Fsp3) is 0.160. The highest BCUT2D eigenvalue weighted by atomic mass is 19.1. The summed E-state index contributed by atoms with van der Waals surface area (Å²) >= 11 is 0. The number of nitrogens with zero attached hydrogens (tertiary/aromatic N) is 2. The van der Waals surface area contributed by atoms with E-state index in [-0.39, 0.29) is 11.7 Å². The van der Waals surface area contributed by atoms with Gasteiger partial charge in [-0.05, 0) is 79.9 Å². The number of hydrogen-bond acceptors (Lipinski definition) is 5. The predicted molar refractivity (Wildman–Crippen MR) is 120 cm³/mol. The van der Waals surface area contributed by atoms with Crippen LogP contribution in [0.5, 0.6) is 0 Å². The second-order valence-corrected chi connectivity index (χ2v) is 7.44. The summed E-state index contributed by atoms with van der Waals surface area (Å²) in [5.74, 6) is 1.67. The van der Waals surface area contributed by atoms with Gasteiger partial charge in [0.05, 0.1) is 12.2 Å². The van der Waals surface area contributed by atoms with Crippen LogP contribution in [0.2, 0.25) is 0 Å². The van der Waals surface area contributed by atoms with Gasteiger partial charge in [0.15, 0.2) is 5.82 Å². The monoisotopic (exact) mass is 430 g/mol. The van der Waals surface area contributed by atoms with Crippen LogP contribution in [0.15, 0.2) is 77.2 Å². The number of benzene rings is 2. The number of furan rings is 1. The minimum absolute atomic E-state index is 0.190. The first kappa shape index (κ1) is 21.2. The van der Waals surface area contributed by atoms with Gasteiger partial charge in [-0.25, -0.2) is 4.39 Å². The third-order valence-corrected chi connectivity index (χ3v) is 4.92. The van der Waals surface area contributed by atoms with Crippen molar-refractivity contribution in [3.8, 4) is 0 Å². The van der Waals surface area contributed by atoms with Crippen molar-refractivity contribution >= 4 is 17.4 Å². The third kappa shape index (κ3) is 5.78. The van der Waals surface area contributed by atoms with Crippen LogP contribution in [-0.4, -0.2) is 16.1 Å². The second kappa shape index (κ2) is 9.87. The minimum atomic E-state index is -0.238. The molecular formula is C25H23FN4O2. The van der Waals surface area contributed by atoms with Crippen LogP contribution in [0, 0.1) is 12.7 Å². The fourth-order valence-corrected chi connectivity index (χ4v) is 3.22. The van der Waals surface area contributed by atoms with E-state index in [1.54, 1.807) is 30.3 Å². The highest BCUT2D eigenvalue weighted by molar-refractivity contribution is 5.95. The molecule has 0 bridgehead atoms. The van der Waals surface area contributed by atoms with E-state index >= 15 is 0 Å². The Balaban J connectivity index is 1.32. The molecule has 0 saturated carbocycles. The summed E-state index contributed by atoms with van der Waals surface area (Å²) < 4.78 is 18.5. The van der Waals surface area contributed by atoms with Gasteiger partial charge in [0.25, 0.3) is 5.91 Å². The fourth-order valence-electron chi connectivity index (χ4n) is 3.22. The van der Waals surface area contributed by atoms with Gasteiger partial charge in [0.1, 0.15) is 17.3 Å². The summed E-state index contributed by atoms with van der Waals surface area (Å²) in [5, 5.41) is 14.5. The van der Waals surface area contributed by atoms with E-state index in [9.17, 15) is 9.18 Å². The van der Waals surface area contributed by atoms with E-state index in [0.717, 1.165) is 29.1 Å². The number of nitrogens with one attached hydrogen (secondary N) is 2. The number of rotatable bonds is 8. The molecule has 2 aromatic carbocycles. The lowest BCUT2D eigenvalue weighted by Gasteiger charge is -2.08. The SMILES string of the molecule is Cc1ccc(CNC(=O)c2cccc(Nc3ccc(CCc4ccc(F)cc4)nn3)c2)o1. The number of halogens is 1. The molecule has 0 atom stereocenters. The van der Waals surface area contributed by atoms with Crippen LogP contribution in [-0.2, 0) is 19.4 Å². The topological polar surface area (TPSA) is 80.0 Å². The Morgan fingerprint density at radius 1 is 0.969 bits per heavy atom. The average Bonchev–Trinajstić information content (AvgIpc) is 3.23. The summed E-state index contributed by atoms with van der Waals surface area (Å²) in [6.07, 6.45) is 1.47. The molecule has 0 unspecified atom stereocenters. The summed E-state index contributed by atoms with van der Waals surface area (Å²) in [7, 11) is 0. The molecule has 0 saturated heterocycles. The van der Waals surface area contributed by atoms with E-state index in [1.165, 1.54) is 12.1 Å². The van der Waals surface area contributed by atoms with Gasteiger partial charge in [0, 0.05) is 11.3 Å². The van der Waals surface area contributed by atoms with Crippen LogP contribution in [0.3, 0.4) is 0 Å². The van der Waals surface area contributed by atoms with Gasteiger partial charge in [-0.1, -0.05) is 18.2 Å². The van der Waals surface area contributed by atoms with Gasteiger partial charge < -0.3 is 15.1 Å². The minimum Gasteiger partial charge on any atom is -0.465 e. The van der Waals surface area contributed by atoms with Crippen molar-refractivity contribution in [3.05, 3.63) is 107 Å².